The van der Waals surface area contributed by atoms with E-state index in [-0.39, 0.29) is 11.1 Å². The van der Waals surface area contributed by atoms with E-state index in [1.165, 1.54) is 0 Å². The zero-order valence-electron chi connectivity index (χ0n) is 8.45. The first-order valence-electron chi connectivity index (χ1n) is 3.89. The van der Waals surface area contributed by atoms with Crippen LogP contribution < -0.4 is 0 Å². The second-order valence-electron chi connectivity index (χ2n) is 4.90. The normalized spacial score (nSPS) is 14.4. The van der Waals surface area contributed by atoms with E-state index in [1.54, 1.807) is 0 Å². The van der Waals surface area contributed by atoms with E-state index in [1.807, 2.05) is 0 Å². The Kier molecular flexibility index (Phi) is 2.53. The predicted octanol–water partition coefficient (Wildman–Crippen LogP) is 2.52. The van der Waals surface area contributed by atoms with Crippen molar-refractivity contribution in [1.82, 2.24) is 4.90 Å². The van der Waals surface area contributed by atoms with Crippen LogP contribution in [0.4, 0.5) is 0 Å². The third kappa shape index (κ3) is 2.70. The van der Waals surface area contributed by atoms with Gasteiger partial charge in [0.15, 0.2) is 0 Å². The number of hydrogen-bond donors (Lipinski definition) is 0. The third-order valence-electron chi connectivity index (χ3n) is 2.01. The van der Waals surface area contributed by atoms with E-state index in [0.29, 0.717) is 0 Å². The summed E-state index contributed by atoms with van der Waals surface area (Å²) < 4.78 is 0. The molecule has 0 atom stereocenters. The maximum Gasteiger partial charge on any atom is 0.0127 e. The van der Waals surface area contributed by atoms with Gasteiger partial charge in [0.05, 0.1) is 0 Å². The first-order chi connectivity index (χ1) is 4.15. The minimum atomic E-state index is 0.276. The molecule has 0 spiro atoms. The van der Waals surface area contributed by atoms with Gasteiger partial charge < -0.3 is 0 Å². The van der Waals surface area contributed by atoms with Gasteiger partial charge in [0.2, 0.25) is 0 Å². The molecule has 0 heterocycles. The quantitative estimate of drug-likeness (QED) is 0.503. The molecule has 0 amide bonds. The molecule has 0 aromatic carbocycles. The Labute approximate surface area is 65.4 Å². The molecule has 1 heteroatoms. The topological polar surface area (TPSA) is 3.24 Å². The zero-order valence-corrected chi connectivity index (χ0v) is 8.45. The fourth-order valence-electron chi connectivity index (χ4n) is 1.01. The van der Waals surface area contributed by atoms with Gasteiger partial charge in [-0.2, -0.15) is 0 Å². The Morgan fingerprint density at radius 2 is 0.900 bits per heavy atom. The van der Waals surface area contributed by atoms with Crippen molar-refractivity contribution in [2.24, 2.45) is 0 Å². The van der Waals surface area contributed by atoms with Crippen LogP contribution in [0.1, 0.15) is 41.5 Å². The van der Waals surface area contributed by atoms with Gasteiger partial charge in [0.25, 0.3) is 0 Å². The van der Waals surface area contributed by atoms with Crippen LogP contribution >= 0.6 is 0 Å². The monoisotopic (exact) mass is 143 g/mol. The van der Waals surface area contributed by atoms with E-state index in [9.17, 15) is 0 Å². The summed E-state index contributed by atoms with van der Waals surface area (Å²) in [4.78, 5) is 2.38. The van der Waals surface area contributed by atoms with Crippen molar-refractivity contribution in [2.45, 2.75) is 52.6 Å². The standard InChI is InChI=1S/C9H21N/c1-8(2,3)10(7)9(4,5)6/h1-7H3. The average Bonchev–Trinajstić information content (AvgIpc) is 1.59. The molecule has 0 aromatic heterocycles. The molecule has 0 aliphatic rings. The van der Waals surface area contributed by atoms with Gasteiger partial charge in [-0.05, 0) is 48.6 Å². The van der Waals surface area contributed by atoms with Crippen molar-refractivity contribution in [1.29, 1.82) is 0 Å². The molecule has 1 nitrogen and oxygen atoms in total. The van der Waals surface area contributed by atoms with Gasteiger partial charge in [-0.1, -0.05) is 0 Å². The van der Waals surface area contributed by atoms with Gasteiger partial charge >= 0.3 is 0 Å². The van der Waals surface area contributed by atoms with E-state index in [4.69, 9.17) is 0 Å². The van der Waals surface area contributed by atoms with Gasteiger partial charge in [0, 0.05) is 11.1 Å². The molecule has 0 bridgehead atoms. The predicted molar refractivity (Wildman–Crippen MR) is 47.3 cm³/mol. The first-order valence-corrected chi connectivity index (χ1v) is 3.89. The van der Waals surface area contributed by atoms with Gasteiger partial charge in [-0.3, -0.25) is 4.90 Å². The highest BCUT2D eigenvalue weighted by atomic mass is 15.2. The number of rotatable bonds is 0. The molecule has 0 aliphatic heterocycles. The fraction of sp³-hybridized carbons (Fsp3) is 1.00. The smallest absolute Gasteiger partial charge is 0.0127 e. The van der Waals surface area contributed by atoms with Crippen molar-refractivity contribution >= 4 is 0 Å². The van der Waals surface area contributed by atoms with Crippen LogP contribution in [0.5, 0.6) is 0 Å². The lowest BCUT2D eigenvalue weighted by Gasteiger charge is -2.42. The van der Waals surface area contributed by atoms with Gasteiger partial charge in [-0.25, -0.2) is 0 Å². The molecule has 0 fully saturated rings. The van der Waals surface area contributed by atoms with Crippen molar-refractivity contribution in [3.8, 4) is 0 Å². The van der Waals surface area contributed by atoms with Crippen molar-refractivity contribution in [2.75, 3.05) is 7.05 Å². The maximum absolute atomic E-state index is 2.38. The van der Waals surface area contributed by atoms with Crippen LogP contribution in [-0.4, -0.2) is 23.0 Å². The molecule has 0 unspecified atom stereocenters. The Morgan fingerprint density at radius 3 is 0.900 bits per heavy atom. The second-order valence-corrected chi connectivity index (χ2v) is 4.90. The molecule has 10 heavy (non-hydrogen) atoms. The summed E-state index contributed by atoms with van der Waals surface area (Å²) >= 11 is 0. The molecular formula is C9H21N. The second kappa shape index (κ2) is 2.54. The third-order valence-corrected chi connectivity index (χ3v) is 2.01. The molecule has 0 radical (unpaired) electrons. The molecule has 0 saturated heterocycles. The number of nitrogens with zero attached hydrogens (tertiary/aromatic N) is 1. The average molecular weight is 143 g/mol. The number of hydrogen-bond acceptors (Lipinski definition) is 1. The van der Waals surface area contributed by atoms with E-state index < -0.39 is 0 Å². The van der Waals surface area contributed by atoms with Crippen LogP contribution in [0, 0.1) is 0 Å². The SMILES string of the molecule is CN(C(C)(C)C)C(C)(C)C. The molecule has 0 rings (SSSR count). The van der Waals surface area contributed by atoms with Crippen molar-refractivity contribution < 1.29 is 0 Å². The molecule has 0 N–H and O–H groups in total. The van der Waals surface area contributed by atoms with Crippen LogP contribution in [0.3, 0.4) is 0 Å². The van der Waals surface area contributed by atoms with Crippen LogP contribution in [0.2, 0.25) is 0 Å². The summed E-state index contributed by atoms with van der Waals surface area (Å²) in [5.74, 6) is 0. The summed E-state index contributed by atoms with van der Waals surface area (Å²) in [6.45, 7) is 13.4. The summed E-state index contributed by atoms with van der Waals surface area (Å²) in [7, 11) is 2.17. The molecule has 0 aliphatic carbocycles. The van der Waals surface area contributed by atoms with Gasteiger partial charge in [-0.15, -0.1) is 0 Å². The lowest BCUT2D eigenvalue weighted by atomic mass is 9.98. The molecule has 62 valence electrons. The molecule has 0 aromatic rings. The largest absolute Gasteiger partial charge is 0.297 e. The molecular weight excluding hydrogens is 122 g/mol. The Hall–Kier alpha value is -0.0400. The van der Waals surface area contributed by atoms with E-state index in [0.717, 1.165) is 0 Å². The zero-order chi connectivity index (χ0) is 8.58. The van der Waals surface area contributed by atoms with E-state index >= 15 is 0 Å². The Morgan fingerprint density at radius 1 is 0.700 bits per heavy atom. The summed E-state index contributed by atoms with van der Waals surface area (Å²) in [6.07, 6.45) is 0. The van der Waals surface area contributed by atoms with E-state index in [2.05, 4.69) is 53.5 Å². The fourth-order valence-corrected chi connectivity index (χ4v) is 1.01. The highest BCUT2D eigenvalue weighted by Gasteiger charge is 2.26. The Bertz CT molecular complexity index is 88.9. The van der Waals surface area contributed by atoms with Gasteiger partial charge in [0.1, 0.15) is 0 Å². The summed E-state index contributed by atoms with van der Waals surface area (Å²) in [6, 6.07) is 0. The van der Waals surface area contributed by atoms with Crippen LogP contribution in [0.25, 0.3) is 0 Å². The van der Waals surface area contributed by atoms with Crippen molar-refractivity contribution in [3.05, 3.63) is 0 Å². The highest BCUT2D eigenvalue weighted by Crippen LogP contribution is 2.21. The maximum atomic E-state index is 2.38. The van der Waals surface area contributed by atoms with Crippen LogP contribution in [-0.2, 0) is 0 Å². The summed E-state index contributed by atoms with van der Waals surface area (Å²) in [5.41, 5.74) is 0.552. The minimum Gasteiger partial charge on any atom is -0.297 e. The lowest BCUT2D eigenvalue weighted by molar-refractivity contribution is 0.0700. The lowest BCUT2D eigenvalue weighted by Crippen LogP contribution is -2.49. The van der Waals surface area contributed by atoms with Crippen molar-refractivity contribution in [3.63, 3.8) is 0 Å². The first kappa shape index (κ1) is 9.96. The highest BCUT2D eigenvalue weighted by molar-refractivity contribution is 4.83. The van der Waals surface area contributed by atoms with Crippen LogP contribution in [0.15, 0.2) is 0 Å². The minimum absolute atomic E-state index is 0.276. The molecule has 0 saturated carbocycles. The Balaban J connectivity index is 4.23. The summed E-state index contributed by atoms with van der Waals surface area (Å²) in [5, 5.41) is 0.